The Labute approximate surface area is 184 Å². The minimum atomic E-state index is 0. The number of hydrogen-bond acceptors (Lipinski definition) is 2. The van der Waals surface area contributed by atoms with Crippen molar-refractivity contribution in [3.8, 4) is 0 Å². The first-order valence-corrected chi connectivity index (χ1v) is 9.39. The summed E-state index contributed by atoms with van der Waals surface area (Å²) < 4.78 is 5.69. The minimum Gasteiger partial charge on any atom is -0.375 e. The van der Waals surface area contributed by atoms with E-state index in [0.717, 1.165) is 25.5 Å². The number of nitrogens with zero attached hydrogens (tertiary/aromatic N) is 1. The molecule has 0 aliphatic rings. The van der Waals surface area contributed by atoms with Gasteiger partial charge in [0.2, 0.25) is 0 Å². The number of hydrogen-bond donors (Lipinski definition) is 3. The fraction of sp³-hybridized carbons (Fsp3) is 0.318. The zero-order chi connectivity index (χ0) is 18.9. The number of aliphatic imine (C=N–C) groups is 1. The molecule has 150 valence electrons. The number of guanidine groups is 1. The number of nitrogens with one attached hydrogen (secondary N) is 3. The van der Waals surface area contributed by atoms with Crippen LogP contribution in [0.15, 0.2) is 59.7 Å². The van der Waals surface area contributed by atoms with Crippen LogP contribution < -0.4 is 10.6 Å². The highest BCUT2D eigenvalue weighted by Gasteiger charge is 2.05. The number of aromatic nitrogens is 1. The van der Waals surface area contributed by atoms with Crippen molar-refractivity contribution < 1.29 is 4.74 Å². The van der Waals surface area contributed by atoms with Gasteiger partial charge < -0.3 is 20.4 Å². The van der Waals surface area contributed by atoms with Crippen LogP contribution in [-0.2, 0) is 17.8 Å². The number of aromatic amines is 1. The fourth-order valence-corrected chi connectivity index (χ4v) is 3.11. The Bertz CT molecular complexity index is 877. The van der Waals surface area contributed by atoms with E-state index in [2.05, 4.69) is 64.1 Å². The van der Waals surface area contributed by atoms with Gasteiger partial charge in [0.25, 0.3) is 0 Å². The molecule has 0 aliphatic carbocycles. The Hall–Kier alpha value is -2.06. The van der Waals surface area contributed by atoms with Gasteiger partial charge in [-0.3, -0.25) is 4.99 Å². The molecule has 0 atom stereocenters. The van der Waals surface area contributed by atoms with Gasteiger partial charge in [-0.1, -0.05) is 48.5 Å². The van der Waals surface area contributed by atoms with Crippen molar-refractivity contribution in [1.82, 2.24) is 15.6 Å². The molecule has 0 fully saturated rings. The number of aryl methyl sites for hydroxylation is 1. The van der Waals surface area contributed by atoms with E-state index in [1.54, 1.807) is 7.05 Å². The first-order valence-electron chi connectivity index (χ1n) is 9.39. The Morgan fingerprint density at radius 1 is 1.04 bits per heavy atom. The van der Waals surface area contributed by atoms with E-state index in [1.165, 1.54) is 27.6 Å². The summed E-state index contributed by atoms with van der Waals surface area (Å²) in [4.78, 5) is 7.65. The normalized spacial score (nSPS) is 11.3. The van der Waals surface area contributed by atoms with E-state index in [-0.39, 0.29) is 24.0 Å². The molecule has 0 aliphatic heterocycles. The van der Waals surface area contributed by atoms with Gasteiger partial charge in [-0.2, -0.15) is 0 Å². The number of benzene rings is 2. The van der Waals surface area contributed by atoms with Crippen LogP contribution in [0.1, 0.15) is 16.7 Å². The van der Waals surface area contributed by atoms with Gasteiger partial charge in [-0.15, -0.1) is 24.0 Å². The average Bonchev–Trinajstić information content (AvgIpc) is 3.11. The SMILES string of the molecule is CN=C(NCCOCc1ccccc1)NCCc1c[nH]c2c(C)cccc12.I. The molecule has 0 spiro atoms. The summed E-state index contributed by atoms with van der Waals surface area (Å²) in [5.41, 5.74) is 5.02. The van der Waals surface area contributed by atoms with Crippen LogP contribution in [0.4, 0.5) is 0 Å². The molecule has 3 aromatic rings. The summed E-state index contributed by atoms with van der Waals surface area (Å²) >= 11 is 0. The van der Waals surface area contributed by atoms with Crippen LogP contribution >= 0.6 is 24.0 Å². The molecule has 0 amide bonds. The molecule has 1 aromatic heterocycles. The Morgan fingerprint density at radius 2 is 1.82 bits per heavy atom. The lowest BCUT2D eigenvalue weighted by molar-refractivity contribution is 0.125. The summed E-state index contributed by atoms with van der Waals surface area (Å²) in [6.07, 6.45) is 3.04. The van der Waals surface area contributed by atoms with Crippen LogP contribution in [0.3, 0.4) is 0 Å². The summed E-state index contributed by atoms with van der Waals surface area (Å²) in [5.74, 6) is 0.800. The Kier molecular flexibility index (Phi) is 9.30. The van der Waals surface area contributed by atoms with Crippen LogP contribution in [-0.4, -0.2) is 37.7 Å². The largest absolute Gasteiger partial charge is 0.375 e. The van der Waals surface area contributed by atoms with Gasteiger partial charge in [0, 0.05) is 37.2 Å². The van der Waals surface area contributed by atoms with Gasteiger partial charge in [0.05, 0.1) is 13.2 Å². The number of H-pyrrole nitrogens is 1. The van der Waals surface area contributed by atoms with E-state index < -0.39 is 0 Å². The number of halogens is 1. The lowest BCUT2D eigenvalue weighted by Gasteiger charge is -2.12. The zero-order valence-electron chi connectivity index (χ0n) is 16.5. The smallest absolute Gasteiger partial charge is 0.191 e. The molecular weight excluding hydrogens is 463 g/mol. The van der Waals surface area contributed by atoms with Crippen molar-refractivity contribution in [2.45, 2.75) is 20.0 Å². The van der Waals surface area contributed by atoms with Crippen molar-refractivity contribution in [2.24, 2.45) is 4.99 Å². The van der Waals surface area contributed by atoms with Gasteiger partial charge in [0.1, 0.15) is 0 Å². The van der Waals surface area contributed by atoms with Crippen molar-refractivity contribution >= 4 is 40.8 Å². The predicted molar refractivity (Wildman–Crippen MR) is 128 cm³/mol. The molecule has 6 heteroatoms. The maximum absolute atomic E-state index is 5.69. The molecule has 0 saturated heterocycles. The molecule has 0 radical (unpaired) electrons. The standard InChI is InChI=1S/C22H28N4O.HI/c1-17-7-6-10-20-19(15-26-21(17)20)11-12-24-22(23-2)25-13-14-27-16-18-8-4-3-5-9-18;/h3-10,15,26H,11-14,16H2,1-2H3,(H2,23,24,25);1H. The van der Waals surface area contributed by atoms with Crippen LogP contribution in [0.5, 0.6) is 0 Å². The topological polar surface area (TPSA) is 61.4 Å². The maximum Gasteiger partial charge on any atom is 0.191 e. The van der Waals surface area contributed by atoms with Crippen molar-refractivity contribution in [3.05, 3.63) is 71.4 Å². The minimum absolute atomic E-state index is 0. The van der Waals surface area contributed by atoms with Gasteiger partial charge in [-0.25, -0.2) is 0 Å². The van der Waals surface area contributed by atoms with Crippen LogP contribution in [0.2, 0.25) is 0 Å². The molecule has 3 N–H and O–H groups in total. The van der Waals surface area contributed by atoms with Crippen LogP contribution in [0, 0.1) is 6.92 Å². The number of fused-ring (bicyclic) bond motifs is 1. The molecule has 5 nitrogen and oxygen atoms in total. The second-order valence-electron chi connectivity index (χ2n) is 6.53. The van der Waals surface area contributed by atoms with Crippen LogP contribution in [0.25, 0.3) is 10.9 Å². The van der Waals surface area contributed by atoms with E-state index in [0.29, 0.717) is 13.2 Å². The lowest BCUT2D eigenvalue weighted by atomic mass is 10.1. The van der Waals surface area contributed by atoms with Gasteiger partial charge in [0.15, 0.2) is 5.96 Å². The van der Waals surface area contributed by atoms with Crippen molar-refractivity contribution in [2.75, 3.05) is 26.7 Å². The van der Waals surface area contributed by atoms with Gasteiger partial charge in [-0.05, 0) is 30.0 Å². The predicted octanol–water partition coefficient (Wildman–Crippen LogP) is 4.02. The van der Waals surface area contributed by atoms with E-state index in [9.17, 15) is 0 Å². The summed E-state index contributed by atoms with van der Waals surface area (Å²) in [6, 6.07) is 16.6. The highest BCUT2D eigenvalue weighted by Crippen LogP contribution is 2.21. The quantitative estimate of drug-likeness (QED) is 0.193. The van der Waals surface area contributed by atoms with Gasteiger partial charge >= 0.3 is 0 Å². The Balaban J connectivity index is 0.00000280. The second kappa shape index (κ2) is 11.7. The molecule has 1 heterocycles. The van der Waals surface area contributed by atoms with E-state index >= 15 is 0 Å². The number of para-hydroxylation sites is 1. The third-order valence-corrected chi connectivity index (χ3v) is 4.57. The first-order chi connectivity index (χ1) is 13.3. The molecule has 0 saturated carbocycles. The summed E-state index contributed by atoms with van der Waals surface area (Å²) in [6.45, 7) is 4.95. The van der Waals surface area contributed by atoms with E-state index in [4.69, 9.17) is 4.74 Å². The molecule has 0 bridgehead atoms. The highest BCUT2D eigenvalue weighted by molar-refractivity contribution is 14.0. The number of ether oxygens (including phenoxy) is 1. The molecule has 28 heavy (non-hydrogen) atoms. The fourth-order valence-electron chi connectivity index (χ4n) is 3.11. The van der Waals surface area contributed by atoms with E-state index in [1.807, 2.05) is 18.2 Å². The molecule has 3 rings (SSSR count). The third kappa shape index (κ3) is 6.24. The highest BCUT2D eigenvalue weighted by atomic mass is 127. The van der Waals surface area contributed by atoms with Crippen molar-refractivity contribution in [3.63, 3.8) is 0 Å². The van der Waals surface area contributed by atoms with Crippen molar-refractivity contribution in [1.29, 1.82) is 0 Å². The third-order valence-electron chi connectivity index (χ3n) is 4.57. The maximum atomic E-state index is 5.69. The molecular formula is C22H29IN4O. The summed E-state index contributed by atoms with van der Waals surface area (Å²) in [5, 5.41) is 7.95. The monoisotopic (exact) mass is 492 g/mol. The lowest BCUT2D eigenvalue weighted by Crippen LogP contribution is -2.39. The Morgan fingerprint density at radius 3 is 2.61 bits per heavy atom. The second-order valence-corrected chi connectivity index (χ2v) is 6.53. The number of rotatable bonds is 8. The molecule has 0 unspecified atom stereocenters. The summed E-state index contributed by atoms with van der Waals surface area (Å²) in [7, 11) is 1.79. The molecule has 2 aromatic carbocycles. The zero-order valence-corrected chi connectivity index (χ0v) is 18.8. The first kappa shape index (κ1) is 22.2. The average molecular weight is 492 g/mol.